The van der Waals surface area contributed by atoms with Crippen molar-refractivity contribution >= 4 is 38.4 Å². The zero-order valence-electron chi connectivity index (χ0n) is 8.21. The van der Waals surface area contributed by atoms with Gasteiger partial charge in [-0.2, -0.15) is 0 Å². The number of benzene rings is 1. The number of hydrogen-bond donors (Lipinski definition) is 0. The number of fused-ring (bicyclic) bond motifs is 1. The summed E-state index contributed by atoms with van der Waals surface area (Å²) in [5.74, 6) is 0.504. The molecule has 0 amide bonds. The fourth-order valence-corrected chi connectivity index (χ4v) is 2.28. The average molecular weight is 285 g/mol. The Hall–Kier alpha value is -0.730. The molecule has 0 bridgehead atoms. The summed E-state index contributed by atoms with van der Waals surface area (Å²) in [5, 5.41) is 1.22. The second-order valence-electron chi connectivity index (χ2n) is 3.51. The van der Waals surface area contributed by atoms with E-state index in [0.717, 1.165) is 16.6 Å². The molecule has 0 saturated carbocycles. The minimum Gasteiger partial charge on any atom is -0.342 e. The Balaban J connectivity index is 2.48. The van der Waals surface area contributed by atoms with Gasteiger partial charge in [0.1, 0.15) is 0 Å². The van der Waals surface area contributed by atoms with E-state index in [1.165, 1.54) is 10.9 Å². The highest BCUT2D eigenvalue weighted by Crippen LogP contribution is 2.26. The van der Waals surface area contributed by atoms with Crippen molar-refractivity contribution in [1.82, 2.24) is 4.57 Å². The number of hydrogen-bond acceptors (Lipinski definition) is 0. The van der Waals surface area contributed by atoms with Crippen LogP contribution in [0.1, 0.15) is 0 Å². The zero-order chi connectivity index (χ0) is 10.8. The van der Waals surface area contributed by atoms with Crippen molar-refractivity contribution in [3.63, 3.8) is 0 Å². The quantitative estimate of drug-likeness (QED) is 0.588. The van der Waals surface area contributed by atoms with Crippen molar-refractivity contribution in [3.05, 3.63) is 47.1 Å². The second kappa shape index (κ2) is 4.42. The first-order valence-electron chi connectivity index (χ1n) is 4.68. The van der Waals surface area contributed by atoms with Crippen LogP contribution in [0.2, 0.25) is 0 Å². The van der Waals surface area contributed by atoms with E-state index in [2.05, 4.69) is 45.4 Å². The molecule has 2 rings (SSSR count). The van der Waals surface area contributed by atoms with Gasteiger partial charge in [-0.3, -0.25) is 0 Å². The van der Waals surface area contributed by atoms with E-state index in [1.54, 1.807) is 0 Å². The highest BCUT2D eigenvalue weighted by molar-refractivity contribution is 9.10. The van der Waals surface area contributed by atoms with Gasteiger partial charge in [0.2, 0.25) is 0 Å². The largest absolute Gasteiger partial charge is 0.342 e. The maximum Gasteiger partial charge on any atom is 0.0495 e. The van der Waals surface area contributed by atoms with Crippen molar-refractivity contribution in [2.75, 3.05) is 5.88 Å². The van der Waals surface area contributed by atoms with Crippen LogP contribution in [-0.4, -0.2) is 10.4 Å². The molecular formula is C12H11BrClN. The van der Waals surface area contributed by atoms with Crippen LogP contribution in [0.15, 0.2) is 47.1 Å². The van der Waals surface area contributed by atoms with E-state index >= 15 is 0 Å². The van der Waals surface area contributed by atoms with E-state index in [-0.39, 0.29) is 0 Å². The molecule has 3 heteroatoms. The van der Waals surface area contributed by atoms with Gasteiger partial charge < -0.3 is 4.57 Å². The first-order valence-corrected chi connectivity index (χ1v) is 6.01. The van der Waals surface area contributed by atoms with Crippen molar-refractivity contribution in [2.45, 2.75) is 6.54 Å². The summed E-state index contributed by atoms with van der Waals surface area (Å²) in [4.78, 5) is 0. The first kappa shape index (κ1) is 10.8. The molecule has 0 aliphatic carbocycles. The van der Waals surface area contributed by atoms with Crippen molar-refractivity contribution < 1.29 is 0 Å². The summed E-state index contributed by atoms with van der Waals surface area (Å²) in [6.07, 6.45) is 2.07. The van der Waals surface area contributed by atoms with Crippen LogP contribution in [0.3, 0.4) is 0 Å². The number of para-hydroxylation sites is 1. The molecule has 1 nitrogen and oxygen atoms in total. The number of aromatic nitrogens is 1. The summed E-state index contributed by atoms with van der Waals surface area (Å²) in [5.41, 5.74) is 2.22. The summed E-state index contributed by atoms with van der Waals surface area (Å²) in [6.45, 7) is 4.69. The molecule has 1 aromatic carbocycles. The maximum atomic E-state index is 5.74. The third-order valence-electron chi connectivity index (χ3n) is 2.32. The van der Waals surface area contributed by atoms with E-state index in [0.29, 0.717) is 5.88 Å². The predicted octanol–water partition coefficient (Wildman–Crippen LogP) is 4.20. The molecule has 0 saturated heterocycles. The highest BCUT2D eigenvalue weighted by Gasteiger charge is 2.05. The smallest absolute Gasteiger partial charge is 0.0495 e. The zero-order valence-corrected chi connectivity index (χ0v) is 10.6. The molecule has 0 radical (unpaired) electrons. The van der Waals surface area contributed by atoms with Crippen LogP contribution >= 0.6 is 27.5 Å². The molecule has 1 aromatic heterocycles. The summed E-state index contributed by atoms with van der Waals surface area (Å²) < 4.78 is 3.27. The van der Waals surface area contributed by atoms with Crippen LogP contribution in [0, 0.1) is 0 Å². The Kier molecular flexibility index (Phi) is 3.17. The van der Waals surface area contributed by atoms with Crippen molar-refractivity contribution in [2.24, 2.45) is 0 Å². The molecular weight excluding hydrogens is 273 g/mol. The van der Waals surface area contributed by atoms with Crippen LogP contribution < -0.4 is 0 Å². The van der Waals surface area contributed by atoms with Crippen LogP contribution in [0.25, 0.3) is 10.9 Å². The Labute approximate surface area is 102 Å². The van der Waals surface area contributed by atoms with Gasteiger partial charge >= 0.3 is 0 Å². The monoisotopic (exact) mass is 283 g/mol. The molecule has 0 spiro atoms. The molecule has 0 N–H and O–H groups in total. The number of allylic oxidation sites excluding steroid dienone is 1. The molecule has 78 valence electrons. The van der Waals surface area contributed by atoms with E-state index in [1.807, 2.05) is 12.1 Å². The number of halogens is 2. The highest BCUT2D eigenvalue weighted by atomic mass is 79.9. The topological polar surface area (TPSA) is 4.93 Å². The Morgan fingerprint density at radius 3 is 2.87 bits per heavy atom. The number of alkyl halides is 1. The molecule has 0 aliphatic rings. The van der Waals surface area contributed by atoms with Crippen LogP contribution in [-0.2, 0) is 6.54 Å². The lowest BCUT2D eigenvalue weighted by Gasteiger charge is -2.05. The van der Waals surface area contributed by atoms with Gasteiger partial charge in [-0.1, -0.05) is 24.8 Å². The third kappa shape index (κ3) is 2.11. The first-order chi connectivity index (χ1) is 7.22. The lowest BCUT2D eigenvalue weighted by Crippen LogP contribution is -1.99. The fraction of sp³-hybridized carbons (Fsp3) is 0.167. The molecule has 0 aliphatic heterocycles. The molecule has 15 heavy (non-hydrogen) atoms. The van der Waals surface area contributed by atoms with E-state index in [4.69, 9.17) is 11.6 Å². The second-order valence-corrected chi connectivity index (χ2v) is 4.63. The van der Waals surface area contributed by atoms with Gasteiger partial charge in [0.25, 0.3) is 0 Å². The van der Waals surface area contributed by atoms with Gasteiger partial charge in [-0.05, 0) is 27.6 Å². The van der Waals surface area contributed by atoms with Gasteiger partial charge in [0.15, 0.2) is 0 Å². The van der Waals surface area contributed by atoms with Gasteiger partial charge in [0, 0.05) is 34.0 Å². The number of rotatable bonds is 3. The van der Waals surface area contributed by atoms with Gasteiger partial charge in [-0.25, -0.2) is 0 Å². The Morgan fingerprint density at radius 1 is 1.40 bits per heavy atom. The van der Waals surface area contributed by atoms with Crippen LogP contribution in [0.5, 0.6) is 0 Å². The lowest BCUT2D eigenvalue weighted by molar-refractivity contribution is 0.822. The molecule has 0 unspecified atom stereocenters. The van der Waals surface area contributed by atoms with Crippen molar-refractivity contribution in [3.8, 4) is 0 Å². The van der Waals surface area contributed by atoms with Crippen LogP contribution in [0.4, 0.5) is 0 Å². The van der Waals surface area contributed by atoms with E-state index in [9.17, 15) is 0 Å². The van der Waals surface area contributed by atoms with Gasteiger partial charge in [0.05, 0.1) is 0 Å². The molecule has 0 fully saturated rings. The Morgan fingerprint density at radius 2 is 2.13 bits per heavy atom. The standard InChI is InChI=1S/C12H11BrClN/c1-9(6-14)7-15-8-11(13)10-4-2-3-5-12(10)15/h2-5,8H,1,6-7H2. The SMILES string of the molecule is C=C(CCl)Cn1cc(Br)c2ccccc21. The Bertz CT molecular complexity index is 501. The maximum absolute atomic E-state index is 5.74. The fourth-order valence-electron chi connectivity index (χ4n) is 1.62. The third-order valence-corrected chi connectivity index (χ3v) is 3.33. The van der Waals surface area contributed by atoms with Gasteiger partial charge in [-0.15, -0.1) is 11.6 Å². The van der Waals surface area contributed by atoms with Crippen molar-refractivity contribution in [1.29, 1.82) is 0 Å². The lowest BCUT2D eigenvalue weighted by atomic mass is 10.2. The average Bonchev–Trinajstić information content (AvgIpc) is 2.57. The predicted molar refractivity (Wildman–Crippen MR) is 69.5 cm³/mol. The minimum atomic E-state index is 0.504. The molecule has 1 heterocycles. The summed E-state index contributed by atoms with van der Waals surface area (Å²) in [6, 6.07) is 8.27. The molecule has 0 atom stereocenters. The molecule has 2 aromatic rings. The number of nitrogens with zero attached hydrogens (tertiary/aromatic N) is 1. The summed E-state index contributed by atoms with van der Waals surface area (Å²) >= 11 is 9.28. The van der Waals surface area contributed by atoms with E-state index < -0.39 is 0 Å². The summed E-state index contributed by atoms with van der Waals surface area (Å²) in [7, 11) is 0. The normalized spacial score (nSPS) is 10.8. The minimum absolute atomic E-state index is 0.504.